The number of carbonyl (C=O) groups excluding carboxylic acids is 1. The second-order valence-electron chi connectivity index (χ2n) is 6.57. The van der Waals surface area contributed by atoms with E-state index in [0.717, 1.165) is 13.1 Å². The Morgan fingerprint density at radius 2 is 1.75 bits per heavy atom. The van der Waals surface area contributed by atoms with Crippen LogP contribution in [0, 0.1) is 5.41 Å². The molecule has 0 atom stereocenters. The van der Waals surface area contributed by atoms with Crippen LogP contribution in [0.15, 0.2) is 0 Å². The summed E-state index contributed by atoms with van der Waals surface area (Å²) in [5, 5.41) is 3.02. The number of rotatable bonds is 2. The standard InChI is InChI=1S/C13H24N2O/c1-12(2,3)14-11(16)10-15-8-6-13(4-5-13)7-9-15/h4-10H2,1-3H3,(H,14,16). The van der Waals surface area contributed by atoms with Crippen molar-refractivity contribution in [1.29, 1.82) is 0 Å². The van der Waals surface area contributed by atoms with E-state index in [4.69, 9.17) is 0 Å². The number of nitrogens with one attached hydrogen (secondary N) is 1. The van der Waals surface area contributed by atoms with Gasteiger partial charge in [-0.3, -0.25) is 9.69 Å². The zero-order valence-electron chi connectivity index (χ0n) is 10.8. The Hall–Kier alpha value is -0.570. The second kappa shape index (κ2) is 4.02. The highest BCUT2D eigenvalue weighted by atomic mass is 16.2. The monoisotopic (exact) mass is 224 g/mol. The van der Waals surface area contributed by atoms with E-state index in [0.29, 0.717) is 12.0 Å². The summed E-state index contributed by atoms with van der Waals surface area (Å²) in [6, 6.07) is 0. The van der Waals surface area contributed by atoms with Crippen LogP contribution in [-0.2, 0) is 4.79 Å². The van der Waals surface area contributed by atoms with Gasteiger partial charge < -0.3 is 5.32 Å². The molecule has 1 amide bonds. The van der Waals surface area contributed by atoms with Crippen LogP contribution in [-0.4, -0.2) is 36.0 Å². The Morgan fingerprint density at radius 3 is 2.19 bits per heavy atom. The maximum atomic E-state index is 11.8. The average molecular weight is 224 g/mol. The molecule has 0 aromatic carbocycles. The van der Waals surface area contributed by atoms with E-state index in [9.17, 15) is 4.79 Å². The summed E-state index contributed by atoms with van der Waals surface area (Å²) in [6.45, 7) is 8.88. The van der Waals surface area contributed by atoms with Crippen molar-refractivity contribution < 1.29 is 4.79 Å². The van der Waals surface area contributed by atoms with Crippen molar-refractivity contribution in [2.24, 2.45) is 5.41 Å². The minimum Gasteiger partial charge on any atom is -0.350 e. The summed E-state index contributed by atoms with van der Waals surface area (Å²) >= 11 is 0. The van der Waals surface area contributed by atoms with Gasteiger partial charge in [0, 0.05) is 5.54 Å². The van der Waals surface area contributed by atoms with Crippen molar-refractivity contribution in [1.82, 2.24) is 10.2 Å². The minimum atomic E-state index is -0.107. The van der Waals surface area contributed by atoms with Gasteiger partial charge in [-0.25, -0.2) is 0 Å². The van der Waals surface area contributed by atoms with Crippen LogP contribution in [0.2, 0.25) is 0 Å². The predicted octanol–water partition coefficient (Wildman–Crippen LogP) is 1.78. The molecule has 2 rings (SSSR count). The third-order valence-electron chi connectivity index (χ3n) is 3.76. The van der Waals surface area contributed by atoms with Gasteiger partial charge in [0.1, 0.15) is 0 Å². The highest BCUT2D eigenvalue weighted by Gasteiger charge is 2.44. The molecule has 0 bridgehead atoms. The summed E-state index contributed by atoms with van der Waals surface area (Å²) in [5.74, 6) is 0.166. The normalized spacial score (nSPS) is 24.4. The van der Waals surface area contributed by atoms with Crippen molar-refractivity contribution >= 4 is 5.91 Å². The lowest BCUT2D eigenvalue weighted by Crippen LogP contribution is -2.47. The van der Waals surface area contributed by atoms with E-state index in [1.165, 1.54) is 25.7 Å². The summed E-state index contributed by atoms with van der Waals surface area (Å²) in [7, 11) is 0. The van der Waals surface area contributed by atoms with Crippen LogP contribution >= 0.6 is 0 Å². The number of nitrogens with zero attached hydrogens (tertiary/aromatic N) is 1. The van der Waals surface area contributed by atoms with Gasteiger partial charge in [-0.15, -0.1) is 0 Å². The van der Waals surface area contributed by atoms with Crippen LogP contribution in [0.3, 0.4) is 0 Å². The van der Waals surface area contributed by atoms with Crippen LogP contribution in [0.4, 0.5) is 0 Å². The predicted molar refractivity (Wildman–Crippen MR) is 65.2 cm³/mol. The zero-order chi connectivity index (χ0) is 11.8. The van der Waals surface area contributed by atoms with Crippen molar-refractivity contribution in [3.63, 3.8) is 0 Å². The van der Waals surface area contributed by atoms with Gasteiger partial charge in [-0.2, -0.15) is 0 Å². The van der Waals surface area contributed by atoms with Crippen LogP contribution in [0.1, 0.15) is 46.5 Å². The summed E-state index contributed by atoms with van der Waals surface area (Å²) < 4.78 is 0. The Labute approximate surface area is 98.6 Å². The maximum Gasteiger partial charge on any atom is 0.234 e. The van der Waals surface area contributed by atoms with E-state index >= 15 is 0 Å². The number of amides is 1. The number of hydrogen-bond acceptors (Lipinski definition) is 2. The highest BCUT2D eigenvalue weighted by Crippen LogP contribution is 2.53. The maximum absolute atomic E-state index is 11.8. The van der Waals surface area contributed by atoms with Crippen LogP contribution < -0.4 is 5.32 Å². The average Bonchev–Trinajstić information content (AvgIpc) is 2.87. The molecule has 1 N–H and O–H groups in total. The number of likely N-dealkylation sites (tertiary alicyclic amines) is 1. The van der Waals surface area contributed by atoms with E-state index < -0.39 is 0 Å². The van der Waals surface area contributed by atoms with E-state index in [2.05, 4.69) is 10.2 Å². The molecule has 1 saturated carbocycles. The lowest BCUT2D eigenvalue weighted by molar-refractivity contribution is -0.124. The first-order valence-corrected chi connectivity index (χ1v) is 6.42. The molecule has 16 heavy (non-hydrogen) atoms. The quantitative estimate of drug-likeness (QED) is 0.775. The first-order chi connectivity index (χ1) is 7.39. The molecular weight excluding hydrogens is 200 g/mol. The molecular formula is C13H24N2O. The van der Waals surface area contributed by atoms with Gasteiger partial charge in [-0.05, 0) is 65.0 Å². The molecule has 1 aliphatic heterocycles. The third-order valence-corrected chi connectivity index (χ3v) is 3.76. The topological polar surface area (TPSA) is 32.3 Å². The van der Waals surface area contributed by atoms with Crippen molar-refractivity contribution in [2.75, 3.05) is 19.6 Å². The molecule has 3 nitrogen and oxygen atoms in total. The molecule has 2 aliphatic rings. The van der Waals surface area contributed by atoms with Gasteiger partial charge >= 0.3 is 0 Å². The van der Waals surface area contributed by atoms with Gasteiger partial charge in [0.15, 0.2) is 0 Å². The van der Waals surface area contributed by atoms with Gasteiger partial charge in [0.05, 0.1) is 6.54 Å². The fraction of sp³-hybridized carbons (Fsp3) is 0.923. The molecule has 0 aromatic heterocycles. The molecule has 0 radical (unpaired) electrons. The molecule has 1 saturated heterocycles. The van der Waals surface area contributed by atoms with E-state index in [1.807, 2.05) is 20.8 Å². The zero-order valence-corrected chi connectivity index (χ0v) is 10.8. The van der Waals surface area contributed by atoms with E-state index in [-0.39, 0.29) is 11.4 Å². The van der Waals surface area contributed by atoms with Crippen LogP contribution in [0.5, 0.6) is 0 Å². The fourth-order valence-corrected chi connectivity index (χ4v) is 2.52. The number of hydrogen-bond donors (Lipinski definition) is 1. The Balaban J connectivity index is 1.72. The molecule has 1 aliphatic carbocycles. The Kier molecular flexibility index (Phi) is 2.99. The Bertz CT molecular complexity index is 266. The first kappa shape index (κ1) is 11.9. The highest BCUT2D eigenvalue weighted by molar-refractivity contribution is 5.78. The molecule has 0 unspecified atom stereocenters. The first-order valence-electron chi connectivity index (χ1n) is 6.42. The second-order valence-corrected chi connectivity index (χ2v) is 6.57. The molecule has 92 valence electrons. The number of carbonyl (C=O) groups is 1. The van der Waals surface area contributed by atoms with Crippen LogP contribution in [0.25, 0.3) is 0 Å². The fourth-order valence-electron chi connectivity index (χ4n) is 2.52. The van der Waals surface area contributed by atoms with Crippen molar-refractivity contribution in [3.05, 3.63) is 0 Å². The van der Waals surface area contributed by atoms with Gasteiger partial charge in [0.25, 0.3) is 0 Å². The van der Waals surface area contributed by atoms with Crippen molar-refractivity contribution in [2.45, 2.75) is 52.0 Å². The van der Waals surface area contributed by atoms with E-state index in [1.54, 1.807) is 0 Å². The lowest BCUT2D eigenvalue weighted by Gasteiger charge is -2.32. The van der Waals surface area contributed by atoms with Crippen molar-refractivity contribution in [3.8, 4) is 0 Å². The SMILES string of the molecule is CC(C)(C)NC(=O)CN1CCC2(CC1)CC2. The summed E-state index contributed by atoms with van der Waals surface area (Å²) in [6.07, 6.45) is 5.45. The molecule has 3 heteroatoms. The smallest absolute Gasteiger partial charge is 0.234 e. The molecule has 0 aromatic rings. The van der Waals surface area contributed by atoms with Gasteiger partial charge in [0.2, 0.25) is 5.91 Å². The summed E-state index contributed by atoms with van der Waals surface area (Å²) in [4.78, 5) is 14.0. The largest absolute Gasteiger partial charge is 0.350 e. The number of piperidine rings is 1. The molecule has 2 fully saturated rings. The third kappa shape index (κ3) is 3.21. The Morgan fingerprint density at radius 1 is 1.19 bits per heavy atom. The minimum absolute atomic E-state index is 0.107. The summed E-state index contributed by atoms with van der Waals surface area (Å²) in [5.41, 5.74) is 0.599. The molecule has 1 spiro atoms. The molecule has 1 heterocycles. The lowest BCUT2D eigenvalue weighted by atomic mass is 9.94. The van der Waals surface area contributed by atoms with Gasteiger partial charge in [-0.1, -0.05) is 0 Å².